The molecule has 0 saturated heterocycles. The molecule has 3 aromatic carbocycles. The van der Waals surface area contributed by atoms with Crippen LogP contribution in [0.25, 0.3) is 10.9 Å². The lowest BCUT2D eigenvalue weighted by atomic mass is 9.93. The molecule has 1 aromatic heterocycles. The normalized spacial score (nSPS) is 15.4. The van der Waals surface area contributed by atoms with Crippen molar-refractivity contribution < 1.29 is 19.5 Å². The second-order valence-electron chi connectivity index (χ2n) is 11.5. The zero-order valence-electron chi connectivity index (χ0n) is 25.3. The van der Waals surface area contributed by atoms with Gasteiger partial charge < -0.3 is 37.5 Å². The number of carbonyl (C=O) groups excluding carboxylic acids is 3. The van der Waals surface area contributed by atoms with E-state index in [2.05, 4.69) is 20.9 Å². The van der Waals surface area contributed by atoms with Crippen molar-refractivity contribution in [2.75, 3.05) is 5.73 Å². The summed E-state index contributed by atoms with van der Waals surface area (Å²) in [6, 6.07) is 23.8. The molecule has 4 rings (SSSR count). The lowest BCUT2D eigenvalue weighted by Crippen LogP contribution is -2.54. The molecule has 0 bridgehead atoms. The molecule has 10 heteroatoms. The Labute approximate surface area is 257 Å². The first kappa shape index (κ1) is 32.2. The Kier molecular flexibility index (Phi) is 10.8. The van der Waals surface area contributed by atoms with Crippen molar-refractivity contribution in [1.82, 2.24) is 20.9 Å². The zero-order chi connectivity index (χ0) is 31.8. The van der Waals surface area contributed by atoms with Crippen molar-refractivity contribution in [3.63, 3.8) is 0 Å². The third-order valence-corrected chi connectivity index (χ3v) is 7.69. The van der Waals surface area contributed by atoms with Gasteiger partial charge in [0, 0.05) is 22.8 Å². The minimum Gasteiger partial charge on any atom is -0.399 e. The van der Waals surface area contributed by atoms with E-state index in [4.69, 9.17) is 11.5 Å². The SMILES string of the molecule is C[C@H](N)C(=O)N[C@@H](C)C(=O)N[C@@H](Cc1ccccc1)[C@@H](O)C[C@@H](C)C(=O)NC(c1cccc(N)c1)c1cc2ccccc2[nH]1. The van der Waals surface area contributed by atoms with E-state index in [1.165, 1.54) is 6.92 Å². The summed E-state index contributed by atoms with van der Waals surface area (Å²) >= 11 is 0. The van der Waals surface area contributed by atoms with Crippen LogP contribution in [0.4, 0.5) is 5.69 Å². The molecule has 0 aliphatic carbocycles. The smallest absolute Gasteiger partial charge is 0.242 e. The minimum absolute atomic E-state index is 0.0839. The first-order valence-corrected chi connectivity index (χ1v) is 14.8. The Hall–Kier alpha value is -4.67. The van der Waals surface area contributed by atoms with Crippen LogP contribution >= 0.6 is 0 Å². The molecule has 0 saturated carbocycles. The van der Waals surface area contributed by atoms with Gasteiger partial charge in [-0.3, -0.25) is 14.4 Å². The summed E-state index contributed by atoms with van der Waals surface area (Å²) in [5.41, 5.74) is 15.8. The molecular weight excluding hydrogens is 556 g/mol. The highest BCUT2D eigenvalue weighted by Crippen LogP contribution is 2.27. The molecule has 0 radical (unpaired) electrons. The Morgan fingerprint density at radius 2 is 1.52 bits per heavy atom. The molecule has 6 atom stereocenters. The van der Waals surface area contributed by atoms with Crippen molar-refractivity contribution in [3.05, 3.63) is 102 Å². The fourth-order valence-electron chi connectivity index (χ4n) is 5.12. The lowest BCUT2D eigenvalue weighted by molar-refractivity contribution is -0.130. The average Bonchev–Trinajstić information content (AvgIpc) is 3.43. The molecule has 3 amide bonds. The molecule has 44 heavy (non-hydrogen) atoms. The molecule has 0 aliphatic heterocycles. The van der Waals surface area contributed by atoms with Crippen molar-refractivity contribution in [3.8, 4) is 0 Å². The molecule has 0 spiro atoms. The van der Waals surface area contributed by atoms with Crippen LogP contribution in [-0.2, 0) is 20.8 Å². The topological polar surface area (TPSA) is 175 Å². The van der Waals surface area contributed by atoms with Gasteiger partial charge in [-0.15, -0.1) is 0 Å². The van der Waals surface area contributed by atoms with Gasteiger partial charge in [-0.1, -0.05) is 67.6 Å². The van der Waals surface area contributed by atoms with E-state index in [0.29, 0.717) is 12.1 Å². The van der Waals surface area contributed by atoms with Gasteiger partial charge >= 0.3 is 0 Å². The average molecular weight is 599 g/mol. The first-order valence-electron chi connectivity index (χ1n) is 14.8. The van der Waals surface area contributed by atoms with Gasteiger partial charge in [0.05, 0.1) is 24.2 Å². The quantitative estimate of drug-likeness (QED) is 0.116. The van der Waals surface area contributed by atoms with Gasteiger partial charge in [0.1, 0.15) is 6.04 Å². The number of H-pyrrole nitrogens is 1. The summed E-state index contributed by atoms with van der Waals surface area (Å²) in [5, 5.41) is 21.0. The number of nitrogens with two attached hydrogens (primary N) is 2. The van der Waals surface area contributed by atoms with Gasteiger partial charge in [-0.25, -0.2) is 0 Å². The Balaban J connectivity index is 1.50. The summed E-state index contributed by atoms with van der Waals surface area (Å²) < 4.78 is 0. The number of para-hydroxylation sites is 1. The highest BCUT2D eigenvalue weighted by atomic mass is 16.3. The third-order valence-electron chi connectivity index (χ3n) is 7.69. The molecule has 4 aromatic rings. The van der Waals surface area contributed by atoms with Gasteiger partial charge in [-0.2, -0.15) is 0 Å². The fraction of sp³-hybridized carbons (Fsp3) is 0.324. The monoisotopic (exact) mass is 598 g/mol. The largest absolute Gasteiger partial charge is 0.399 e. The Bertz CT molecular complexity index is 1540. The number of benzene rings is 3. The number of nitrogens with one attached hydrogen (secondary N) is 4. The molecule has 10 nitrogen and oxygen atoms in total. The zero-order valence-corrected chi connectivity index (χ0v) is 25.3. The fourth-order valence-corrected chi connectivity index (χ4v) is 5.12. The van der Waals surface area contributed by atoms with E-state index >= 15 is 0 Å². The van der Waals surface area contributed by atoms with E-state index in [-0.39, 0.29) is 12.3 Å². The van der Waals surface area contributed by atoms with Crippen LogP contribution in [-0.4, -0.2) is 52.0 Å². The Morgan fingerprint density at radius 3 is 2.20 bits per heavy atom. The highest BCUT2D eigenvalue weighted by Gasteiger charge is 2.29. The van der Waals surface area contributed by atoms with Crippen LogP contribution in [0.1, 0.15) is 50.1 Å². The standard InChI is InChI=1S/C34H42N6O4/c1-20(16-30(41)28(17-23-10-5-4-6-11-23)39-34(44)22(3)37-33(43)21(2)35)32(42)40-31(25-13-9-14-26(36)18-25)29-19-24-12-7-8-15-27(24)38-29/h4-15,18-22,28,30-31,38,41H,16-17,35-36H2,1-3H3,(H,37,43)(H,39,44)(H,40,42)/t20-,21+,22+,28+,30+,31?/m1/s1. The maximum Gasteiger partial charge on any atom is 0.242 e. The molecular formula is C34H42N6O4. The summed E-state index contributed by atoms with van der Waals surface area (Å²) in [6.45, 7) is 4.83. The van der Waals surface area contributed by atoms with Crippen LogP contribution in [0, 0.1) is 5.92 Å². The number of nitrogen functional groups attached to an aromatic ring is 1. The van der Waals surface area contributed by atoms with Crippen molar-refractivity contribution >= 4 is 34.3 Å². The number of anilines is 1. The van der Waals surface area contributed by atoms with Gasteiger partial charge in [-0.05, 0) is 67.5 Å². The third kappa shape index (κ3) is 8.46. The van der Waals surface area contributed by atoms with Gasteiger partial charge in [0.25, 0.3) is 0 Å². The van der Waals surface area contributed by atoms with E-state index in [9.17, 15) is 19.5 Å². The number of aliphatic hydroxyl groups excluding tert-OH is 1. The Morgan fingerprint density at radius 1 is 0.818 bits per heavy atom. The molecule has 0 fully saturated rings. The second-order valence-corrected chi connectivity index (χ2v) is 11.5. The molecule has 1 unspecified atom stereocenters. The summed E-state index contributed by atoms with van der Waals surface area (Å²) in [5.74, 6) is -1.79. The number of aromatic nitrogens is 1. The molecule has 1 heterocycles. The maximum atomic E-state index is 13.6. The van der Waals surface area contributed by atoms with Gasteiger partial charge in [0.2, 0.25) is 17.7 Å². The number of hydrogen-bond donors (Lipinski definition) is 7. The number of fused-ring (bicyclic) bond motifs is 1. The van der Waals surface area contributed by atoms with Crippen LogP contribution < -0.4 is 27.4 Å². The lowest BCUT2D eigenvalue weighted by Gasteiger charge is -2.28. The predicted molar refractivity (Wildman–Crippen MR) is 172 cm³/mol. The first-order chi connectivity index (χ1) is 21.0. The molecule has 232 valence electrons. The highest BCUT2D eigenvalue weighted by molar-refractivity contribution is 5.89. The van der Waals surface area contributed by atoms with E-state index in [1.54, 1.807) is 19.9 Å². The number of rotatable bonds is 13. The molecule has 0 aliphatic rings. The number of aliphatic hydroxyl groups is 1. The van der Waals surface area contributed by atoms with Crippen LogP contribution in [0.15, 0.2) is 84.9 Å². The van der Waals surface area contributed by atoms with Crippen LogP contribution in [0.5, 0.6) is 0 Å². The maximum absolute atomic E-state index is 13.6. The summed E-state index contributed by atoms with van der Waals surface area (Å²) in [7, 11) is 0. The van der Waals surface area contributed by atoms with Crippen molar-refractivity contribution in [1.29, 1.82) is 0 Å². The number of hydrogen-bond acceptors (Lipinski definition) is 6. The van der Waals surface area contributed by atoms with Crippen LogP contribution in [0.2, 0.25) is 0 Å². The number of aromatic amines is 1. The van der Waals surface area contributed by atoms with E-state index in [1.807, 2.05) is 78.9 Å². The summed E-state index contributed by atoms with van der Waals surface area (Å²) in [6.07, 6.45) is -0.646. The second kappa shape index (κ2) is 14.7. The number of carbonyl (C=O) groups is 3. The van der Waals surface area contributed by atoms with Crippen molar-refractivity contribution in [2.45, 2.75) is 63.9 Å². The van der Waals surface area contributed by atoms with E-state index < -0.39 is 48.0 Å². The van der Waals surface area contributed by atoms with E-state index in [0.717, 1.165) is 27.7 Å². The van der Waals surface area contributed by atoms with Crippen LogP contribution in [0.3, 0.4) is 0 Å². The molecule has 9 N–H and O–H groups in total. The predicted octanol–water partition coefficient (Wildman–Crippen LogP) is 2.92. The summed E-state index contributed by atoms with van der Waals surface area (Å²) in [4.78, 5) is 42.1. The van der Waals surface area contributed by atoms with Gasteiger partial charge in [0.15, 0.2) is 0 Å². The minimum atomic E-state index is -1.06. The number of amides is 3. The van der Waals surface area contributed by atoms with Crippen molar-refractivity contribution in [2.24, 2.45) is 11.7 Å².